The molecule has 0 rings (SSSR count). The van der Waals surface area contributed by atoms with E-state index in [1.807, 2.05) is 6.07 Å². The predicted octanol–water partition coefficient (Wildman–Crippen LogP) is -0.764. The van der Waals surface area contributed by atoms with Crippen molar-refractivity contribution in [3.05, 3.63) is 12.7 Å². The van der Waals surface area contributed by atoms with Gasteiger partial charge in [0.25, 0.3) is 0 Å². The van der Waals surface area contributed by atoms with Gasteiger partial charge in [-0.25, -0.2) is 0 Å². The van der Waals surface area contributed by atoms with Crippen LogP contribution >= 0.6 is 0 Å². The lowest BCUT2D eigenvalue weighted by Gasteiger charge is -2.06. The molecule has 0 aromatic carbocycles. The molecule has 68 valence electrons. The second-order valence-electron chi connectivity index (χ2n) is 2.27. The summed E-state index contributed by atoms with van der Waals surface area (Å²) >= 11 is 0. The minimum absolute atomic E-state index is 0.142. The SMILES string of the molecule is C=CC(C#N)NCCNCCO. The molecule has 12 heavy (non-hydrogen) atoms. The highest BCUT2D eigenvalue weighted by atomic mass is 16.3. The maximum atomic E-state index is 8.48. The fraction of sp³-hybridized carbons (Fsp3) is 0.625. The van der Waals surface area contributed by atoms with E-state index in [1.165, 1.54) is 0 Å². The van der Waals surface area contributed by atoms with E-state index in [1.54, 1.807) is 6.08 Å². The second kappa shape index (κ2) is 8.21. The molecule has 1 unspecified atom stereocenters. The molecule has 0 saturated carbocycles. The molecule has 0 saturated heterocycles. The quantitative estimate of drug-likeness (QED) is 0.346. The maximum Gasteiger partial charge on any atom is 0.114 e. The van der Waals surface area contributed by atoms with Gasteiger partial charge in [-0.05, 0) is 0 Å². The summed E-state index contributed by atoms with van der Waals surface area (Å²) in [6.07, 6.45) is 1.56. The van der Waals surface area contributed by atoms with Crippen LogP contribution in [0, 0.1) is 11.3 Å². The van der Waals surface area contributed by atoms with Crippen LogP contribution in [0.2, 0.25) is 0 Å². The van der Waals surface area contributed by atoms with Crippen LogP contribution < -0.4 is 10.6 Å². The summed E-state index contributed by atoms with van der Waals surface area (Å²) in [4.78, 5) is 0. The van der Waals surface area contributed by atoms with Gasteiger partial charge in [0.05, 0.1) is 12.7 Å². The fourth-order valence-corrected chi connectivity index (χ4v) is 0.702. The van der Waals surface area contributed by atoms with Gasteiger partial charge >= 0.3 is 0 Å². The molecule has 0 aromatic heterocycles. The number of nitrogens with zero attached hydrogens (tertiary/aromatic N) is 1. The van der Waals surface area contributed by atoms with Crippen LogP contribution in [-0.4, -0.2) is 37.4 Å². The molecule has 1 atom stereocenters. The van der Waals surface area contributed by atoms with Crippen molar-refractivity contribution in [2.24, 2.45) is 0 Å². The van der Waals surface area contributed by atoms with Gasteiger partial charge in [-0.15, -0.1) is 6.58 Å². The summed E-state index contributed by atoms with van der Waals surface area (Å²) < 4.78 is 0. The van der Waals surface area contributed by atoms with E-state index >= 15 is 0 Å². The molecule has 3 N–H and O–H groups in total. The van der Waals surface area contributed by atoms with Crippen LogP contribution in [0.15, 0.2) is 12.7 Å². The topological polar surface area (TPSA) is 68.1 Å². The number of rotatable bonds is 7. The highest BCUT2D eigenvalue weighted by Crippen LogP contribution is 1.78. The Labute approximate surface area is 72.9 Å². The Bertz CT molecular complexity index is 153. The molecule has 0 fully saturated rings. The molecular formula is C8H15N3O. The molecule has 0 aliphatic carbocycles. The van der Waals surface area contributed by atoms with E-state index in [4.69, 9.17) is 10.4 Å². The molecule has 0 aliphatic rings. The average Bonchev–Trinajstić information content (AvgIpc) is 2.11. The minimum Gasteiger partial charge on any atom is -0.395 e. The first kappa shape index (κ1) is 11.1. The lowest BCUT2D eigenvalue weighted by molar-refractivity contribution is 0.292. The van der Waals surface area contributed by atoms with Gasteiger partial charge < -0.3 is 10.4 Å². The molecule has 0 bridgehead atoms. The number of nitriles is 1. The van der Waals surface area contributed by atoms with Crippen LogP contribution in [0.25, 0.3) is 0 Å². The van der Waals surface area contributed by atoms with Crippen molar-refractivity contribution in [3.8, 4) is 6.07 Å². The van der Waals surface area contributed by atoms with Crippen LogP contribution in [-0.2, 0) is 0 Å². The molecule has 0 heterocycles. The Kier molecular flexibility index (Phi) is 7.60. The van der Waals surface area contributed by atoms with Gasteiger partial charge in [0, 0.05) is 19.6 Å². The lowest BCUT2D eigenvalue weighted by atomic mass is 10.3. The average molecular weight is 169 g/mol. The Morgan fingerprint density at radius 3 is 2.75 bits per heavy atom. The Balaban J connectivity index is 3.19. The van der Waals surface area contributed by atoms with Gasteiger partial charge in [-0.3, -0.25) is 5.32 Å². The van der Waals surface area contributed by atoms with E-state index < -0.39 is 0 Å². The number of aliphatic hydroxyl groups excluding tert-OH is 1. The van der Waals surface area contributed by atoms with Crippen LogP contribution in [0.5, 0.6) is 0 Å². The van der Waals surface area contributed by atoms with Crippen molar-refractivity contribution in [2.75, 3.05) is 26.2 Å². The summed E-state index contributed by atoms with van der Waals surface area (Å²) in [6, 6.07) is 1.76. The van der Waals surface area contributed by atoms with Crippen molar-refractivity contribution in [2.45, 2.75) is 6.04 Å². The highest BCUT2D eigenvalue weighted by Gasteiger charge is 1.97. The molecular weight excluding hydrogens is 154 g/mol. The summed E-state index contributed by atoms with van der Waals surface area (Å²) in [5, 5.41) is 22.8. The van der Waals surface area contributed by atoms with E-state index in [2.05, 4.69) is 17.2 Å². The Morgan fingerprint density at radius 2 is 2.25 bits per heavy atom. The van der Waals surface area contributed by atoms with Crippen LogP contribution in [0.3, 0.4) is 0 Å². The Hall–Kier alpha value is -0.890. The van der Waals surface area contributed by atoms with Gasteiger partial charge in [0.1, 0.15) is 6.04 Å². The molecule has 4 nitrogen and oxygen atoms in total. The number of hydrogen-bond acceptors (Lipinski definition) is 4. The lowest BCUT2D eigenvalue weighted by Crippen LogP contribution is -2.33. The molecule has 4 heteroatoms. The molecule has 0 spiro atoms. The van der Waals surface area contributed by atoms with Gasteiger partial charge in [0.15, 0.2) is 0 Å². The summed E-state index contributed by atoms with van der Waals surface area (Å²) in [5.74, 6) is 0. The molecule has 0 aromatic rings. The van der Waals surface area contributed by atoms with Crippen LogP contribution in [0.4, 0.5) is 0 Å². The third-order valence-electron chi connectivity index (χ3n) is 1.33. The highest BCUT2D eigenvalue weighted by molar-refractivity contribution is 5.01. The van der Waals surface area contributed by atoms with Gasteiger partial charge in [0.2, 0.25) is 0 Å². The van der Waals surface area contributed by atoms with E-state index in [0.717, 1.165) is 6.54 Å². The second-order valence-corrected chi connectivity index (χ2v) is 2.27. The summed E-state index contributed by atoms with van der Waals surface area (Å²) in [7, 11) is 0. The zero-order chi connectivity index (χ0) is 9.23. The fourth-order valence-electron chi connectivity index (χ4n) is 0.702. The van der Waals surface area contributed by atoms with Crippen molar-refractivity contribution in [3.63, 3.8) is 0 Å². The summed E-state index contributed by atoms with van der Waals surface area (Å²) in [6.45, 7) is 5.68. The first-order valence-corrected chi connectivity index (χ1v) is 3.92. The smallest absolute Gasteiger partial charge is 0.114 e. The third-order valence-corrected chi connectivity index (χ3v) is 1.33. The monoisotopic (exact) mass is 169 g/mol. The van der Waals surface area contributed by atoms with Crippen molar-refractivity contribution < 1.29 is 5.11 Å². The number of aliphatic hydroxyl groups is 1. The third kappa shape index (κ3) is 5.86. The van der Waals surface area contributed by atoms with Crippen molar-refractivity contribution >= 4 is 0 Å². The normalized spacial score (nSPS) is 12.0. The summed E-state index contributed by atoms with van der Waals surface area (Å²) in [5.41, 5.74) is 0. The zero-order valence-electron chi connectivity index (χ0n) is 7.08. The van der Waals surface area contributed by atoms with Gasteiger partial charge in [-0.2, -0.15) is 5.26 Å². The van der Waals surface area contributed by atoms with Crippen molar-refractivity contribution in [1.82, 2.24) is 10.6 Å². The van der Waals surface area contributed by atoms with Crippen LogP contribution in [0.1, 0.15) is 0 Å². The largest absolute Gasteiger partial charge is 0.395 e. The maximum absolute atomic E-state index is 8.48. The Morgan fingerprint density at radius 1 is 1.50 bits per heavy atom. The first-order chi connectivity index (χ1) is 5.85. The minimum atomic E-state index is -0.277. The van der Waals surface area contributed by atoms with E-state index in [9.17, 15) is 0 Å². The van der Waals surface area contributed by atoms with Gasteiger partial charge in [-0.1, -0.05) is 6.08 Å². The molecule has 0 amide bonds. The number of nitrogens with one attached hydrogen (secondary N) is 2. The molecule has 0 aliphatic heterocycles. The standard InChI is InChI=1S/C8H15N3O/c1-2-8(7-9)11-4-3-10-5-6-12/h2,8,10-12H,1,3-6H2. The predicted molar refractivity (Wildman–Crippen MR) is 47.6 cm³/mol. The first-order valence-electron chi connectivity index (χ1n) is 3.92. The number of hydrogen-bond donors (Lipinski definition) is 3. The molecule has 0 radical (unpaired) electrons. The van der Waals surface area contributed by atoms with E-state index in [-0.39, 0.29) is 12.6 Å². The van der Waals surface area contributed by atoms with E-state index in [0.29, 0.717) is 13.1 Å². The van der Waals surface area contributed by atoms with Crippen molar-refractivity contribution in [1.29, 1.82) is 5.26 Å². The zero-order valence-corrected chi connectivity index (χ0v) is 7.08.